The first-order valence-electron chi connectivity index (χ1n) is 31.8. The first-order chi connectivity index (χ1) is 47.7. The number of nitrogens with one attached hydrogen (secondary N) is 7. The summed E-state index contributed by atoms with van der Waals surface area (Å²) in [5.41, 5.74) is 2.06. The van der Waals surface area contributed by atoms with Crippen LogP contribution in [0.1, 0.15) is 112 Å². The van der Waals surface area contributed by atoms with E-state index in [1.165, 1.54) is 19.2 Å². The van der Waals surface area contributed by atoms with E-state index in [0.29, 0.717) is 0 Å². The third-order valence-electron chi connectivity index (χ3n) is 18.0. The molecule has 7 amide bonds. The van der Waals surface area contributed by atoms with Crippen LogP contribution in [-0.4, -0.2) is 185 Å². The highest BCUT2D eigenvalue weighted by Crippen LogP contribution is 2.50. The Morgan fingerprint density at radius 3 is 1.89 bits per heavy atom. The number of carbonyl (C=O) groups is 8. The fraction of sp³-hybridized carbons (Fsp3) is 0.433. The van der Waals surface area contributed by atoms with Gasteiger partial charge < -0.3 is 122 Å². The van der Waals surface area contributed by atoms with Gasteiger partial charge in [0, 0.05) is 29.2 Å². The fourth-order valence-electron chi connectivity index (χ4n) is 12.7. The number of aliphatic carboxylic acids is 1. The fourth-order valence-corrected chi connectivity index (χ4v) is 13.1. The summed E-state index contributed by atoms with van der Waals surface area (Å²) in [4.78, 5) is 117. The van der Waals surface area contributed by atoms with E-state index < -0.39 is 231 Å². The predicted molar refractivity (Wildman–Crippen MR) is 350 cm³/mol. The van der Waals surface area contributed by atoms with Crippen molar-refractivity contribution in [2.75, 3.05) is 13.7 Å². The van der Waals surface area contributed by atoms with E-state index in [1.807, 2.05) is 13.8 Å². The van der Waals surface area contributed by atoms with Crippen LogP contribution in [0.5, 0.6) is 46.0 Å². The quantitative estimate of drug-likeness (QED) is 0.0792. The van der Waals surface area contributed by atoms with Crippen LogP contribution in [0.3, 0.4) is 0 Å². The monoisotopic (exact) mass is 1450 g/mol. The van der Waals surface area contributed by atoms with Gasteiger partial charge >= 0.3 is 5.97 Å². The highest BCUT2D eigenvalue weighted by Gasteiger charge is 2.51. The zero-order valence-corrected chi connectivity index (χ0v) is 56.3. The second-order valence-electron chi connectivity index (χ2n) is 26.2. The van der Waals surface area contributed by atoms with Crippen molar-refractivity contribution in [1.82, 2.24) is 37.2 Å². The average molecular weight is 1450 g/mol. The Hall–Kier alpha value is -9.16. The molecule has 2 fully saturated rings. The van der Waals surface area contributed by atoms with Crippen LogP contribution in [0.25, 0.3) is 11.1 Å². The normalized spacial score (nSPS) is 28.5. The van der Waals surface area contributed by atoms with E-state index in [4.69, 9.17) is 57.4 Å². The molecule has 7 aliphatic heterocycles. The maximum Gasteiger partial charge on any atom is 0.330 e. The number of aromatic hydroxyl groups is 3. The molecule has 2 saturated heterocycles. The third-order valence-corrected chi connectivity index (χ3v) is 18.6. The van der Waals surface area contributed by atoms with Crippen LogP contribution >= 0.6 is 23.2 Å². The number of phenols is 3. The number of hydrogen-bond donors (Lipinski definition) is 18. The van der Waals surface area contributed by atoms with E-state index >= 15 is 14.4 Å². The summed E-state index contributed by atoms with van der Waals surface area (Å²) in [6.07, 6.45) is -17.6. The first kappa shape index (κ1) is 74.5. The summed E-state index contributed by atoms with van der Waals surface area (Å²) in [5.74, 6) is -15.8. The number of nitrogens with two attached hydrogens (primary N) is 1. The minimum atomic E-state index is -2.33. The van der Waals surface area contributed by atoms with E-state index in [2.05, 4.69) is 37.2 Å². The minimum absolute atomic E-state index is 0.0216. The molecule has 19 N–H and O–H groups in total. The molecular weight excluding hydrogens is 1370 g/mol. The molecule has 5 aromatic carbocycles. The van der Waals surface area contributed by atoms with Gasteiger partial charge in [-0.25, -0.2) is 4.79 Å². The third kappa shape index (κ3) is 15.8. The van der Waals surface area contributed by atoms with E-state index in [-0.39, 0.29) is 52.0 Å². The number of halogens is 2. The van der Waals surface area contributed by atoms with Crippen molar-refractivity contribution in [2.24, 2.45) is 17.1 Å². The van der Waals surface area contributed by atoms with Gasteiger partial charge in [0.05, 0.1) is 41.3 Å². The van der Waals surface area contributed by atoms with Gasteiger partial charge in [-0.2, -0.15) is 0 Å². The second kappa shape index (κ2) is 30.2. The molecule has 5 aromatic rings. The number of primary amides is 1. The Labute approximate surface area is 585 Å². The zero-order chi connectivity index (χ0) is 73.5. The Morgan fingerprint density at radius 1 is 0.703 bits per heavy atom. The number of phenolic OH excluding ortho intramolecular Hbond substituents is 3. The van der Waals surface area contributed by atoms with Gasteiger partial charge in [0.15, 0.2) is 29.9 Å². The van der Waals surface area contributed by atoms with Gasteiger partial charge in [-0.15, -0.1) is 0 Å². The molecular formula is C67H76Cl2N8O24. The molecule has 0 radical (unpaired) electrons. The number of benzene rings is 5. The van der Waals surface area contributed by atoms with Crippen molar-refractivity contribution in [3.8, 4) is 57.1 Å². The maximum atomic E-state index is 16.0. The van der Waals surface area contributed by atoms with Crippen molar-refractivity contribution in [3.63, 3.8) is 0 Å². The largest absolute Gasteiger partial charge is 0.508 e. The van der Waals surface area contributed by atoms with E-state index in [0.717, 1.165) is 66.7 Å². The molecule has 0 saturated carbocycles. The average Bonchev–Trinajstić information content (AvgIpc) is 0.775. The lowest BCUT2D eigenvalue weighted by molar-refractivity contribution is -0.337. The highest BCUT2D eigenvalue weighted by molar-refractivity contribution is 6.32. The van der Waals surface area contributed by atoms with Crippen LogP contribution in [-0.2, 0) is 52.6 Å². The number of amides is 7. The van der Waals surface area contributed by atoms with Crippen LogP contribution in [0, 0.1) is 11.3 Å². The lowest BCUT2D eigenvalue weighted by Crippen LogP contribution is -2.62. The van der Waals surface area contributed by atoms with E-state index in [1.54, 1.807) is 20.8 Å². The number of hydrogen-bond acceptors (Lipinski definition) is 24. The van der Waals surface area contributed by atoms with Gasteiger partial charge in [0.1, 0.15) is 89.5 Å². The maximum absolute atomic E-state index is 16.0. The van der Waals surface area contributed by atoms with Gasteiger partial charge in [-0.05, 0) is 109 Å². The van der Waals surface area contributed by atoms with Gasteiger partial charge in [0.2, 0.25) is 53.4 Å². The number of rotatable bonds is 13. The van der Waals surface area contributed by atoms with Gasteiger partial charge in [-0.3, -0.25) is 33.6 Å². The predicted octanol–water partition coefficient (Wildman–Crippen LogP) is 1.42. The number of carboxylic acids is 1. The molecule has 12 rings (SSSR count). The Balaban J connectivity index is 1.24. The molecule has 7 aliphatic rings. The molecule has 542 valence electrons. The van der Waals surface area contributed by atoms with Crippen LogP contribution in [0.15, 0.2) is 78.9 Å². The van der Waals surface area contributed by atoms with Crippen LogP contribution in [0.2, 0.25) is 10.0 Å². The molecule has 7 heterocycles. The molecule has 0 aromatic heterocycles. The minimum Gasteiger partial charge on any atom is -0.508 e. The summed E-state index contributed by atoms with van der Waals surface area (Å²) in [5, 5.41) is 131. The summed E-state index contributed by atoms with van der Waals surface area (Å²) < 4.78 is 38.6. The molecule has 17 unspecified atom stereocenters. The molecule has 0 aliphatic carbocycles. The van der Waals surface area contributed by atoms with Crippen molar-refractivity contribution in [3.05, 3.63) is 117 Å². The molecule has 101 heavy (non-hydrogen) atoms. The number of ether oxygens (including phenoxy) is 6. The lowest BCUT2D eigenvalue weighted by Gasteiger charge is -2.47. The molecule has 0 spiro atoms. The number of carboxylic acid groups (broad SMARTS) is 1. The zero-order valence-electron chi connectivity index (χ0n) is 54.7. The standard InChI is InChI=1S/C67H76Cl2N8O24/c1-24(2)13-35(71-6)59(88)76-50-52(83)27-8-11-39(33(68)15-27)97-41-17-29-18-42(56(41)101-66-57(55(86)54(85)43(23-78)99-66)100-45-22-67(4,5)58(87)25(3)96-45)98-40-12-9-28(16-34(40)69)53(84)51-64(93)75-49(65(94)95)32-19-30(79)20-38(81)46(32)31-14-26(7-10-37(31)80)47(61(90)77-51)74-62(91)48(29)73-60(89)36(21-44(70)82)72-63(50)92/h7-12,14-20,24-25,35-36,43,45,47-55,57-58,66,71,78-81,83-87H,13,21-23H2,1-6H3,(H2,70,82)(H,72,92)(H,73,89)(H,74,91)(H,75,93)(H,76,88)(H,77,90)(H,94,95). The molecule has 11 bridgehead atoms. The van der Waals surface area contributed by atoms with Gasteiger partial charge in [-0.1, -0.05) is 69.1 Å². The smallest absolute Gasteiger partial charge is 0.330 e. The summed E-state index contributed by atoms with van der Waals surface area (Å²) >= 11 is 14.1. The number of carbonyl (C=O) groups excluding carboxylic acids is 7. The molecule has 34 heteroatoms. The molecule has 32 nitrogen and oxygen atoms in total. The van der Waals surface area contributed by atoms with Crippen molar-refractivity contribution < 1.29 is 118 Å². The van der Waals surface area contributed by atoms with Crippen molar-refractivity contribution >= 4 is 70.5 Å². The summed E-state index contributed by atoms with van der Waals surface area (Å²) in [6.45, 7) is 7.72. The number of likely N-dealkylation sites (N-methyl/N-ethyl adjacent to an activating group) is 1. The Bertz CT molecular complexity index is 4070. The van der Waals surface area contributed by atoms with E-state index in [9.17, 15) is 75.0 Å². The van der Waals surface area contributed by atoms with Crippen molar-refractivity contribution in [2.45, 2.75) is 158 Å². The topological polar surface area (TPSA) is 504 Å². The summed E-state index contributed by atoms with van der Waals surface area (Å²) in [6, 6.07) is -0.504. The summed E-state index contributed by atoms with van der Waals surface area (Å²) in [7, 11) is 1.48. The first-order valence-corrected chi connectivity index (χ1v) is 32.6. The van der Waals surface area contributed by atoms with Crippen LogP contribution < -0.4 is 57.2 Å². The Kier molecular flexibility index (Phi) is 22.3. The number of fused-ring (bicyclic) bond motifs is 15. The second-order valence-corrected chi connectivity index (χ2v) is 27.0. The molecule has 17 atom stereocenters. The number of aliphatic hydroxyl groups excluding tert-OH is 6. The van der Waals surface area contributed by atoms with Crippen LogP contribution in [0.4, 0.5) is 0 Å². The van der Waals surface area contributed by atoms with Gasteiger partial charge in [0.25, 0.3) is 0 Å². The number of aliphatic hydroxyl groups is 6. The SMILES string of the molecule is CNC(CC(C)C)C(=O)NC1C(=O)NC(CC(N)=O)C(=O)NC2C(=O)NC3C(=O)NC(C(=O)NC(C(=O)O)c4cc(O)cc(O)c4-c4cc3ccc4O)C(O)c3ccc(c(Cl)c3)Oc3cc2cc(c3OC2OC(CO)C(O)C(O)C2OC2CC(C)(C)C(O)C(C)O2)Oc2ccc(cc2Cl)C1O. The van der Waals surface area contributed by atoms with Crippen molar-refractivity contribution in [1.29, 1.82) is 0 Å². The highest BCUT2D eigenvalue weighted by atomic mass is 35.5. The Morgan fingerprint density at radius 2 is 1.31 bits per heavy atom. The lowest BCUT2D eigenvalue weighted by atomic mass is 9.78.